The molecule has 2 N–H and O–H groups in total. The number of thiocarbonyl (C=S) groups is 1. The van der Waals surface area contributed by atoms with E-state index in [0.717, 1.165) is 44.2 Å². The Balaban J connectivity index is 1.38. The molecular formula is C26H36N6S. The Bertz CT molecular complexity index is 973. The lowest BCUT2D eigenvalue weighted by atomic mass is 9.96. The van der Waals surface area contributed by atoms with Gasteiger partial charge >= 0.3 is 0 Å². The SMILES string of the molecule is C[C@@H]1CCCN(c2cc(N3CCc4ccccc4C3)nc(NC(=S)NC3CCCCC3)n2)C1. The second kappa shape index (κ2) is 10.2. The number of nitrogens with zero attached hydrogens (tertiary/aromatic N) is 4. The van der Waals surface area contributed by atoms with Gasteiger partial charge in [-0.2, -0.15) is 9.97 Å². The van der Waals surface area contributed by atoms with Crippen LogP contribution in [-0.2, 0) is 13.0 Å². The van der Waals surface area contributed by atoms with E-state index in [1.54, 1.807) is 0 Å². The molecule has 1 aliphatic carbocycles. The molecule has 33 heavy (non-hydrogen) atoms. The smallest absolute Gasteiger partial charge is 0.232 e. The molecule has 1 aromatic carbocycles. The zero-order valence-electron chi connectivity index (χ0n) is 19.7. The highest BCUT2D eigenvalue weighted by Crippen LogP contribution is 2.29. The van der Waals surface area contributed by atoms with Crippen LogP contribution >= 0.6 is 12.2 Å². The Morgan fingerprint density at radius 2 is 1.70 bits per heavy atom. The van der Waals surface area contributed by atoms with E-state index in [0.29, 0.717) is 23.0 Å². The molecule has 1 aromatic heterocycles. The Labute approximate surface area is 203 Å². The molecule has 0 bridgehead atoms. The number of hydrogen-bond donors (Lipinski definition) is 2. The van der Waals surface area contributed by atoms with Crippen LogP contribution in [0.4, 0.5) is 17.6 Å². The third-order valence-corrected chi connectivity index (χ3v) is 7.52. The summed E-state index contributed by atoms with van der Waals surface area (Å²) in [5.41, 5.74) is 2.84. The van der Waals surface area contributed by atoms with Gasteiger partial charge in [0.2, 0.25) is 5.95 Å². The topological polar surface area (TPSA) is 56.3 Å². The molecule has 3 aliphatic rings. The zero-order valence-corrected chi connectivity index (χ0v) is 20.5. The minimum absolute atomic E-state index is 0.461. The lowest BCUT2D eigenvalue weighted by Gasteiger charge is -2.34. The first-order valence-corrected chi connectivity index (χ1v) is 13.1. The number of hydrogen-bond acceptors (Lipinski definition) is 5. The summed E-state index contributed by atoms with van der Waals surface area (Å²) < 4.78 is 0. The summed E-state index contributed by atoms with van der Waals surface area (Å²) in [6.07, 6.45) is 9.81. The van der Waals surface area contributed by atoms with E-state index < -0.39 is 0 Å². The monoisotopic (exact) mass is 464 g/mol. The molecule has 2 aliphatic heterocycles. The predicted octanol–water partition coefficient (Wildman–Crippen LogP) is 4.89. The van der Waals surface area contributed by atoms with E-state index in [9.17, 15) is 0 Å². The van der Waals surface area contributed by atoms with Gasteiger partial charge in [0.15, 0.2) is 5.11 Å². The molecular weight excluding hydrogens is 428 g/mol. The van der Waals surface area contributed by atoms with Gasteiger partial charge in [-0.05, 0) is 61.4 Å². The second-order valence-electron chi connectivity index (χ2n) is 9.98. The highest BCUT2D eigenvalue weighted by Gasteiger charge is 2.23. The number of rotatable bonds is 4. The molecule has 3 heterocycles. The fraction of sp³-hybridized carbons (Fsp3) is 0.577. The van der Waals surface area contributed by atoms with E-state index in [1.165, 1.54) is 56.1 Å². The Morgan fingerprint density at radius 1 is 0.939 bits per heavy atom. The Morgan fingerprint density at radius 3 is 2.48 bits per heavy atom. The van der Waals surface area contributed by atoms with E-state index in [-0.39, 0.29) is 0 Å². The van der Waals surface area contributed by atoms with Crippen molar-refractivity contribution < 1.29 is 0 Å². The van der Waals surface area contributed by atoms with E-state index in [1.807, 2.05) is 0 Å². The van der Waals surface area contributed by atoms with Gasteiger partial charge in [-0.25, -0.2) is 0 Å². The first kappa shape index (κ1) is 22.4. The van der Waals surface area contributed by atoms with Crippen molar-refractivity contribution in [3.63, 3.8) is 0 Å². The summed E-state index contributed by atoms with van der Waals surface area (Å²) in [5, 5.41) is 7.46. The van der Waals surface area contributed by atoms with Gasteiger partial charge in [-0.1, -0.05) is 50.5 Å². The fourth-order valence-electron chi connectivity index (χ4n) is 5.46. The molecule has 1 atom stereocenters. The van der Waals surface area contributed by atoms with Gasteiger partial charge in [-0.3, -0.25) is 0 Å². The number of benzene rings is 1. The molecule has 2 aromatic rings. The van der Waals surface area contributed by atoms with Gasteiger partial charge in [-0.15, -0.1) is 0 Å². The predicted molar refractivity (Wildman–Crippen MR) is 140 cm³/mol. The number of fused-ring (bicyclic) bond motifs is 1. The maximum absolute atomic E-state index is 5.66. The number of aromatic nitrogens is 2. The van der Waals surface area contributed by atoms with Crippen LogP contribution < -0.4 is 20.4 Å². The molecule has 2 fully saturated rings. The molecule has 0 radical (unpaired) electrons. The van der Waals surface area contributed by atoms with Crippen LogP contribution in [0.25, 0.3) is 0 Å². The summed E-state index contributed by atoms with van der Waals surface area (Å²) in [5.74, 6) is 3.28. The molecule has 7 heteroatoms. The van der Waals surface area contributed by atoms with Gasteiger partial charge in [0.05, 0.1) is 0 Å². The van der Waals surface area contributed by atoms with Gasteiger partial charge in [0.25, 0.3) is 0 Å². The molecule has 1 saturated carbocycles. The average Bonchev–Trinajstić information content (AvgIpc) is 2.84. The first-order chi connectivity index (χ1) is 16.1. The normalized spacial score (nSPS) is 21.4. The number of nitrogens with one attached hydrogen (secondary N) is 2. The fourth-order valence-corrected chi connectivity index (χ4v) is 5.72. The van der Waals surface area contributed by atoms with E-state index >= 15 is 0 Å². The third kappa shape index (κ3) is 5.57. The Kier molecular flexibility index (Phi) is 6.95. The van der Waals surface area contributed by atoms with Crippen molar-refractivity contribution in [2.75, 3.05) is 34.8 Å². The summed E-state index contributed by atoms with van der Waals surface area (Å²) >= 11 is 5.66. The van der Waals surface area contributed by atoms with Crippen LogP contribution in [0.2, 0.25) is 0 Å². The largest absolute Gasteiger partial charge is 0.360 e. The second-order valence-corrected chi connectivity index (χ2v) is 10.4. The quantitative estimate of drug-likeness (QED) is 0.625. The molecule has 0 spiro atoms. The van der Waals surface area contributed by atoms with Crippen molar-refractivity contribution in [2.24, 2.45) is 5.92 Å². The molecule has 176 valence electrons. The van der Waals surface area contributed by atoms with Crippen LogP contribution in [0.5, 0.6) is 0 Å². The van der Waals surface area contributed by atoms with Gasteiger partial charge < -0.3 is 20.4 Å². The van der Waals surface area contributed by atoms with Crippen molar-refractivity contribution in [1.29, 1.82) is 0 Å². The van der Waals surface area contributed by atoms with Gasteiger partial charge in [0.1, 0.15) is 11.6 Å². The number of piperidine rings is 1. The molecule has 0 unspecified atom stereocenters. The maximum atomic E-state index is 5.66. The standard InChI is InChI=1S/C26H36N6S/c1-19-8-7-14-31(17-19)23-16-24(32-15-13-20-9-5-6-10-21(20)18-32)29-25(28-23)30-26(33)27-22-11-3-2-4-12-22/h5-6,9-10,16,19,22H,2-4,7-8,11-15,17-18H2,1H3,(H2,27,28,29,30,33)/t19-/m1/s1. The van der Waals surface area contributed by atoms with Crippen LogP contribution in [0.15, 0.2) is 30.3 Å². The van der Waals surface area contributed by atoms with Crippen molar-refractivity contribution >= 4 is 34.9 Å². The average molecular weight is 465 g/mol. The van der Waals surface area contributed by atoms with Crippen molar-refractivity contribution in [1.82, 2.24) is 15.3 Å². The van der Waals surface area contributed by atoms with Crippen molar-refractivity contribution in [3.8, 4) is 0 Å². The third-order valence-electron chi connectivity index (χ3n) is 7.30. The minimum Gasteiger partial charge on any atom is -0.360 e. The molecule has 6 nitrogen and oxygen atoms in total. The molecule has 0 amide bonds. The lowest BCUT2D eigenvalue weighted by molar-refractivity contribution is 0.414. The summed E-state index contributed by atoms with van der Waals surface area (Å²) in [6.45, 7) is 6.27. The highest BCUT2D eigenvalue weighted by molar-refractivity contribution is 7.80. The van der Waals surface area contributed by atoms with Gasteiger partial charge in [0, 0.05) is 38.3 Å². The van der Waals surface area contributed by atoms with Crippen LogP contribution in [0.1, 0.15) is 63.0 Å². The maximum Gasteiger partial charge on any atom is 0.232 e. The molecule has 5 rings (SSSR count). The summed E-state index contributed by atoms with van der Waals surface area (Å²) in [6, 6.07) is 11.4. The lowest BCUT2D eigenvalue weighted by Crippen LogP contribution is -2.39. The minimum atomic E-state index is 0.461. The van der Waals surface area contributed by atoms with Crippen LogP contribution in [-0.4, -0.2) is 40.8 Å². The first-order valence-electron chi connectivity index (χ1n) is 12.7. The zero-order chi connectivity index (χ0) is 22.6. The summed E-state index contributed by atoms with van der Waals surface area (Å²) in [4.78, 5) is 14.6. The van der Waals surface area contributed by atoms with Crippen molar-refractivity contribution in [3.05, 3.63) is 41.5 Å². The highest BCUT2D eigenvalue weighted by atomic mass is 32.1. The van der Waals surface area contributed by atoms with Crippen LogP contribution in [0, 0.1) is 5.92 Å². The van der Waals surface area contributed by atoms with E-state index in [2.05, 4.69) is 57.7 Å². The summed E-state index contributed by atoms with van der Waals surface area (Å²) in [7, 11) is 0. The number of anilines is 3. The molecule has 1 saturated heterocycles. The van der Waals surface area contributed by atoms with Crippen molar-refractivity contribution in [2.45, 2.75) is 70.9 Å². The Hall–Kier alpha value is -2.41. The van der Waals surface area contributed by atoms with E-state index in [4.69, 9.17) is 22.2 Å². The van der Waals surface area contributed by atoms with Crippen LogP contribution in [0.3, 0.4) is 0 Å².